The van der Waals surface area contributed by atoms with E-state index in [2.05, 4.69) is 55.4 Å². The van der Waals surface area contributed by atoms with E-state index < -0.39 is 5.41 Å². The van der Waals surface area contributed by atoms with Crippen molar-refractivity contribution in [3.8, 4) is 6.07 Å². The Morgan fingerprint density at radius 3 is 2.31 bits per heavy atom. The number of hydrogen-bond donors (Lipinski definition) is 0. The maximum Gasteiger partial charge on any atom is 0.322 e. The van der Waals surface area contributed by atoms with E-state index in [0.29, 0.717) is 19.8 Å². The summed E-state index contributed by atoms with van der Waals surface area (Å²) in [5.74, 6) is 0. The van der Waals surface area contributed by atoms with Gasteiger partial charge < -0.3 is 9.64 Å². The molecule has 158 valence electrons. The van der Waals surface area contributed by atoms with Crippen molar-refractivity contribution in [2.24, 2.45) is 5.41 Å². The maximum atomic E-state index is 13.2. The Morgan fingerprint density at radius 2 is 1.79 bits per heavy atom. The highest BCUT2D eigenvalue weighted by atomic mass is 16.5. The van der Waals surface area contributed by atoms with Crippen molar-refractivity contribution in [3.63, 3.8) is 0 Å². The van der Waals surface area contributed by atoms with Crippen LogP contribution in [0.1, 0.15) is 45.1 Å². The lowest BCUT2D eigenvalue weighted by Crippen LogP contribution is -2.55. The van der Waals surface area contributed by atoms with Gasteiger partial charge in [-0.25, -0.2) is 4.79 Å². The minimum atomic E-state index is -0.563. The van der Waals surface area contributed by atoms with Gasteiger partial charge in [0.15, 0.2) is 0 Å². The lowest BCUT2D eigenvalue weighted by molar-refractivity contribution is -0.0156. The zero-order valence-corrected chi connectivity index (χ0v) is 18.4. The molecule has 1 saturated carbocycles. The molecule has 0 atom stereocenters. The maximum absolute atomic E-state index is 13.2. The molecule has 29 heavy (non-hydrogen) atoms. The number of hydrogen-bond acceptors (Lipinski definition) is 4. The number of carbonyl (C=O) groups excluding carboxylic acids is 1. The SMILES string of the molecule is COCN1C(=O)N(CC(C)(C)C#N)C[C@]12CC[C@@](c1ccccc1)(N(C)C)CC2. The number of amides is 2. The largest absolute Gasteiger partial charge is 0.364 e. The van der Waals surface area contributed by atoms with E-state index in [1.807, 2.05) is 23.6 Å². The van der Waals surface area contributed by atoms with E-state index in [9.17, 15) is 10.1 Å². The molecule has 2 amide bonds. The molecule has 1 aromatic rings. The van der Waals surface area contributed by atoms with E-state index in [1.54, 1.807) is 7.11 Å². The molecule has 0 aromatic heterocycles. The van der Waals surface area contributed by atoms with Crippen molar-refractivity contribution in [1.29, 1.82) is 5.26 Å². The van der Waals surface area contributed by atoms with E-state index in [-0.39, 0.29) is 17.1 Å². The molecule has 0 bridgehead atoms. The third-order valence-corrected chi connectivity index (χ3v) is 6.88. The highest BCUT2D eigenvalue weighted by molar-refractivity contribution is 5.78. The average molecular weight is 399 g/mol. The molecule has 1 spiro atoms. The van der Waals surface area contributed by atoms with Crippen molar-refractivity contribution >= 4 is 6.03 Å². The molecule has 2 fully saturated rings. The van der Waals surface area contributed by atoms with Gasteiger partial charge in [0.25, 0.3) is 0 Å². The average Bonchev–Trinajstić information content (AvgIpc) is 2.94. The highest BCUT2D eigenvalue weighted by Crippen LogP contribution is 2.49. The Kier molecular flexibility index (Phi) is 5.93. The molecular weight excluding hydrogens is 364 g/mol. The molecule has 1 aliphatic carbocycles. The first-order valence-electron chi connectivity index (χ1n) is 10.4. The van der Waals surface area contributed by atoms with Crippen molar-refractivity contribution in [2.45, 2.75) is 50.6 Å². The standard InChI is InChI=1S/C23H34N4O2/c1-21(2,15-24)16-26-17-22(27(18-29-5)20(26)28)11-13-23(14-12-22,25(3)4)19-9-7-6-8-10-19/h6-10H,11-14,16-18H2,1-5H3/t22-,23-. The number of methoxy groups -OCH3 is 1. The van der Waals surface area contributed by atoms with Gasteiger partial charge in [0, 0.05) is 25.7 Å². The number of benzene rings is 1. The summed E-state index contributed by atoms with van der Waals surface area (Å²) in [5, 5.41) is 9.44. The Balaban J connectivity index is 1.86. The van der Waals surface area contributed by atoms with Crippen molar-refractivity contribution in [3.05, 3.63) is 35.9 Å². The topological polar surface area (TPSA) is 59.8 Å². The summed E-state index contributed by atoms with van der Waals surface area (Å²) in [7, 11) is 5.94. The van der Waals surface area contributed by atoms with Gasteiger partial charge >= 0.3 is 6.03 Å². The van der Waals surface area contributed by atoms with E-state index >= 15 is 0 Å². The second kappa shape index (κ2) is 7.97. The zero-order chi connectivity index (χ0) is 21.3. The summed E-state index contributed by atoms with van der Waals surface area (Å²) in [5.41, 5.74) is 0.525. The van der Waals surface area contributed by atoms with Crippen LogP contribution in [0.5, 0.6) is 0 Å². The first kappa shape index (κ1) is 21.6. The second-order valence-electron chi connectivity index (χ2n) is 9.50. The first-order chi connectivity index (χ1) is 13.7. The molecule has 1 saturated heterocycles. The predicted molar refractivity (Wildman–Crippen MR) is 113 cm³/mol. The van der Waals surface area contributed by atoms with Crippen LogP contribution in [0.15, 0.2) is 30.3 Å². The van der Waals surface area contributed by atoms with E-state index in [1.165, 1.54) is 5.56 Å². The Morgan fingerprint density at radius 1 is 1.17 bits per heavy atom. The molecular formula is C23H34N4O2. The normalized spacial score (nSPS) is 27.7. The number of ether oxygens (including phenoxy) is 1. The fraction of sp³-hybridized carbons (Fsp3) is 0.652. The monoisotopic (exact) mass is 398 g/mol. The quantitative estimate of drug-likeness (QED) is 0.734. The molecule has 2 aliphatic rings. The molecule has 6 nitrogen and oxygen atoms in total. The zero-order valence-electron chi connectivity index (χ0n) is 18.4. The van der Waals surface area contributed by atoms with Gasteiger partial charge in [-0.1, -0.05) is 30.3 Å². The third-order valence-electron chi connectivity index (χ3n) is 6.88. The van der Waals surface area contributed by atoms with E-state index in [0.717, 1.165) is 25.7 Å². The Bertz CT molecular complexity index is 761. The van der Waals surface area contributed by atoms with Gasteiger partial charge in [-0.2, -0.15) is 5.26 Å². The summed E-state index contributed by atoms with van der Waals surface area (Å²) in [6.07, 6.45) is 3.79. The number of carbonyl (C=O) groups is 1. The van der Waals surface area contributed by atoms with E-state index in [4.69, 9.17) is 4.74 Å². The van der Waals surface area contributed by atoms with Crippen LogP contribution >= 0.6 is 0 Å². The minimum Gasteiger partial charge on any atom is -0.364 e. The second-order valence-corrected chi connectivity index (χ2v) is 9.50. The van der Waals surface area contributed by atoms with Crippen molar-refractivity contribution < 1.29 is 9.53 Å². The van der Waals surface area contributed by atoms with Crippen LogP contribution in [0, 0.1) is 16.7 Å². The molecule has 1 heterocycles. The lowest BCUT2D eigenvalue weighted by atomic mass is 9.68. The van der Waals surface area contributed by atoms with Crippen LogP contribution in [0.2, 0.25) is 0 Å². The molecule has 0 unspecified atom stereocenters. The first-order valence-corrected chi connectivity index (χ1v) is 10.4. The molecule has 1 aliphatic heterocycles. The van der Waals surface area contributed by atoms with Gasteiger partial charge in [-0.3, -0.25) is 9.80 Å². The van der Waals surface area contributed by atoms with Gasteiger partial charge in [0.05, 0.1) is 17.0 Å². The third kappa shape index (κ3) is 3.86. The summed E-state index contributed by atoms with van der Waals surface area (Å²) in [4.78, 5) is 19.3. The molecule has 0 N–H and O–H groups in total. The molecule has 6 heteroatoms. The summed E-state index contributed by atoms with van der Waals surface area (Å²) in [6, 6.07) is 13.0. The van der Waals surface area contributed by atoms with Crippen LogP contribution in [0.25, 0.3) is 0 Å². The Labute approximate surface area is 175 Å². The van der Waals surface area contributed by atoms with Gasteiger partial charge in [-0.15, -0.1) is 0 Å². The summed E-state index contributed by atoms with van der Waals surface area (Å²) >= 11 is 0. The van der Waals surface area contributed by atoms with Crippen LogP contribution in [-0.4, -0.2) is 67.3 Å². The number of rotatable bonds is 6. The van der Waals surface area contributed by atoms with Gasteiger partial charge in [0.2, 0.25) is 0 Å². The number of nitrogens with zero attached hydrogens (tertiary/aromatic N) is 4. The van der Waals surface area contributed by atoms with Crippen LogP contribution in [0.3, 0.4) is 0 Å². The number of urea groups is 1. The fourth-order valence-corrected chi connectivity index (χ4v) is 5.14. The molecule has 3 rings (SSSR count). The smallest absolute Gasteiger partial charge is 0.322 e. The fourth-order valence-electron chi connectivity index (χ4n) is 5.14. The van der Waals surface area contributed by atoms with Gasteiger partial charge in [0.1, 0.15) is 6.73 Å². The predicted octanol–water partition coefficient (Wildman–Crippen LogP) is 3.65. The Hall–Kier alpha value is -2.10. The number of nitriles is 1. The highest BCUT2D eigenvalue weighted by Gasteiger charge is 2.55. The van der Waals surface area contributed by atoms with Gasteiger partial charge in [-0.05, 0) is 59.2 Å². The summed E-state index contributed by atoms with van der Waals surface area (Å²) < 4.78 is 5.42. The summed E-state index contributed by atoms with van der Waals surface area (Å²) in [6.45, 7) is 5.18. The minimum absolute atomic E-state index is 0.00719. The van der Waals surface area contributed by atoms with Crippen LogP contribution in [-0.2, 0) is 10.3 Å². The van der Waals surface area contributed by atoms with Crippen LogP contribution in [0.4, 0.5) is 4.79 Å². The molecule has 0 radical (unpaired) electrons. The molecule has 1 aromatic carbocycles. The lowest BCUT2D eigenvalue weighted by Gasteiger charge is -2.50. The van der Waals surface area contributed by atoms with Crippen molar-refractivity contribution in [2.75, 3.05) is 41.0 Å². The van der Waals surface area contributed by atoms with Crippen molar-refractivity contribution in [1.82, 2.24) is 14.7 Å². The van der Waals surface area contributed by atoms with Crippen LogP contribution < -0.4 is 0 Å².